The van der Waals surface area contributed by atoms with Crippen LogP contribution in [0.3, 0.4) is 0 Å². The van der Waals surface area contributed by atoms with Gasteiger partial charge in [-0.15, -0.1) is 0 Å². The third-order valence-corrected chi connectivity index (χ3v) is 3.38. The van der Waals surface area contributed by atoms with Gasteiger partial charge in [0.25, 0.3) is 0 Å². The lowest BCUT2D eigenvalue weighted by Gasteiger charge is -2.24. The predicted molar refractivity (Wildman–Crippen MR) is 59.4 cm³/mol. The summed E-state index contributed by atoms with van der Waals surface area (Å²) in [6, 6.07) is 0.389. The van der Waals surface area contributed by atoms with E-state index < -0.39 is 0 Å². The number of likely N-dealkylation sites (tertiary alicyclic amines) is 1. The highest BCUT2D eigenvalue weighted by atomic mass is 16.2. The molecule has 2 aliphatic rings. The number of carbonyl (C=O) groups excluding carboxylic acids is 1. The molecule has 0 radical (unpaired) electrons. The lowest BCUT2D eigenvalue weighted by Crippen LogP contribution is -2.44. The van der Waals surface area contributed by atoms with Crippen molar-refractivity contribution in [3.05, 3.63) is 0 Å². The second-order valence-corrected chi connectivity index (χ2v) is 4.69. The molecule has 4 nitrogen and oxygen atoms in total. The molecule has 1 saturated heterocycles. The first-order chi connectivity index (χ1) is 7.31. The average molecular weight is 211 g/mol. The quantitative estimate of drug-likeness (QED) is 0.669. The van der Waals surface area contributed by atoms with Gasteiger partial charge in [-0.25, -0.2) is 0 Å². The summed E-state index contributed by atoms with van der Waals surface area (Å²) in [7, 11) is 0. The fourth-order valence-electron chi connectivity index (χ4n) is 2.27. The molecule has 1 atom stereocenters. The van der Waals surface area contributed by atoms with Crippen LogP contribution in [0, 0.1) is 5.92 Å². The van der Waals surface area contributed by atoms with E-state index in [0.717, 1.165) is 38.4 Å². The zero-order valence-electron chi connectivity index (χ0n) is 9.24. The van der Waals surface area contributed by atoms with Crippen LogP contribution in [0.1, 0.15) is 25.7 Å². The van der Waals surface area contributed by atoms with Crippen LogP contribution in [0.5, 0.6) is 0 Å². The molecule has 0 bridgehead atoms. The van der Waals surface area contributed by atoms with Gasteiger partial charge >= 0.3 is 0 Å². The number of nitrogens with two attached hydrogens (primary N) is 1. The van der Waals surface area contributed by atoms with Crippen molar-refractivity contribution in [2.24, 2.45) is 11.7 Å². The predicted octanol–water partition coefficient (Wildman–Crippen LogP) is -0.0643. The average Bonchev–Trinajstić information content (AvgIpc) is 2.95. The minimum Gasteiger partial charge on any atom is -0.337 e. The molecule has 0 aromatic carbocycles. The topological polar surface area (TPSA) is 58.4 Å². The molecule has 0 aromatic heterocycles. The van der Waals surface area contributed by atoms with Gasteiger partial charge < -0.3 is 16.0 Å². The smallest absolute Gasteiger partial charge is 0.236 e. The van der Waals surface area contributed by atoms with Crippen LogP contribution < -0.4 is 11.1 Å². The Morgan fingerprint density at radius 3 is 2.80 bits per heavy atom. The zero-order chi connectivity index (χ0) is 10.7. The van der Waals surface area contributed by atoms with Gasteiger partial charge in [-0.05, 0) is 38.1 Å². The molecule has 4 heteroatoms. The summed E-state index contributed by atoms with van der Waals surface area (Å²) in [4.78, 5) is 13.5. The SMILES string of the molecule is NCC(=O)N1CCC[C@H]1CNCC1CC1. The summed E-state index contributed by atoms with van der Waals surface area (Å²) in [5.74, 6) is 1.01. The largest absolute Gasteiger partial charge is 0.337 e. The third-order valence-electron chi connectivity index (χ3n) is 3.38. The molecule has 86 valence electrons. The minimum absolute atomic E-state index is 0.103. The molecule has 1 amide bonds. The highest BCUT2D eigenvalue weighted by molar-refractivity contribution is 5.78. The Balaban J connectivity index is 1.71. The van der Waals surface area contributed by atoms with E-state index in [0.29, 0.717) is 6.04 Å². The van der Waals surface area contributed by atoms with Gasteiger partial charge in [0.1, 0.15) is 0 Å². The summed E-state index contributed by atoms with van der Waals surface area (Å²) in [6.07, 6.45) is 5.01. The van der Waals surface area contributed by atoms with E-state index in [2.05, 4.69) is 5.32 Å². The van der Waals surface area contributed by atoms with E-state index in [-0.39, 0.29) is 12.5 Å². The Morgan fingerprint density at radius 2 is 2.13 bits per heavy atom. The first-order valence-corrected chi connectivity index (χ1v) is 6.01. The first-order valence-electron chi connectivity index (χ1n) is 6.01. The van der Waals surface area contributed by atoms with Crippen molar-refractivity contribution in [3.8, 4) is 0 Å². The van der Waals surface area contributed by atoms with Crippen molar-refractivity contribution in [2.75, 3.05) is 26.2 Å². The van der Waals surface area contributed by atoms with Crippen LogP contribution in [0.4, 0.5) is 0 Å². The lowest BCUT2D eigenvalue weighted by molar-refractivity contribution is -0.130. The van der Waals surface area contributed by atoms with Crippen molar-refractivity contribution in [2.45, 2.75) is 31.7 Å². The maximum atomic E-state index is 11.5. The second kappa shape index (κ2) is 4.94. The van der Waals surface area contributed by atoms with Gasteiger partial charge in [0.2, 0.25) is 5.91 Å². The number of nitrogens with one attached hydrogen (secondary N) is 1. The molecule has 1 heterocycles. The highest BCUT2D eigenvalue weighted by Crippen LogP contribution is 2.27. The number of rotatable bonds is 5. The monoisotopic (exact) mass is 211 g/mol. The third kappa shape index (κ3) is 2.92. The van der Waals surface area contributed by atoms with E-state index >= 15 is 0 Å². The van der Waals surface area contributed by atoms with Crippen LogP contribution in [-0.4, -0.2) is 43.0 Å². The molecule has 0 spiro atoms. The van der Waals surface area contributed by atoms with E-state index in [1.165, 1.54) is 12.8 Å². The summed E-state index contributed by atoms with van der Waals surface area (Å²) in [5.41, 5.74) is 5.39. The van der Waals surface area contributed by atoms with Gasteiger partial charge in [0.05, 0.1) is 6.54 Å². The van der Waals surface area contributed by atoms with E-state index in [9.17, 15) is 4.79 Å². The molecule has 3 N–H and O–H groups in total. The molecule has 0 unspecified atom stereocenters. The van der Waals surface area contributed by atoms with Crippen molar-refractivity contribution >= 4 is 5.91 Å². The fraction of sp³-hybridized carbons (Fsp3) is 0.909. The van der Waals surface area contributed by atoms with Crippen LogP contribution in [0.2, 0.25) is 0 Å². The number of amides is 1. The molecule has 1 aliphatic heterocycles. The Bertz CT molecular complexity index is 228. The molecule has 2 rings (SSSR count). The standard InChI is InChI=1S/C11H21N3O/c12-6-11(15)14-5-1-2-10(14)8-13-7-9-3-4-9/h9-10,13H,1-8,12H2/t10-/m0/s1. The number of carbonyl (C=O) groups is 1. The van der Waals surface area contributed by atoms with E-state index in [4.69, 9.17) is 5.73 Å². The molecule has 1 aliphatic carbocycles. The molecular formula is C11H21N3O. The normalized spacial score (nSPS) is 25.9. The molecule has 15 heavy (non-hydrogen) atoms. The molecule has 2 fully saturated rings. The number of hydrogen-bond acceptors (Lipinski definition) is 3. The van der Waals surface area contributed by atoms with Crippen LogP contribution in [0.25, 0.3) is 0 Å². The Kier molecular flexibility index (Phi) is 3.59. The first kappa shape index (κ1) is 10.9. The van der Waals surface area contributed by atoms with Crippen molar-refractivity contribution in [3.63, 3.8) is 0 Å². The summed E-state index contributed by atoms with van der Waals surface area (Å²) >= 11 is 0. The van der Waals surface area contributed by atoms with Crippen molar-refractivity contribution in [1.29, 1.82) is 0 Å². The lowest BCUT2D eigenvalue weighted by atomic mass is 10.2. The van der Waals surface area contributed by atoms with Gasteiger partial charge in [0.15, 0.2) is 0 Å². The Morgan fingerprint density at radius 1 is 1.33 bits per heavy atom. The maximum absolute atomic E-state index is 11.5. The van der Waals surface area contributed by atoms with Crippen molar-refractivity contribution in [1.82, 2.24) is 10.2 Å². The Hall–Kier alpha value is -0.610. The van der Waals surface area contributed by atoms with Crippen LogP contribution >= 0.6 is 0 Å². The van der Waals surface area contributed by atoms with Gasteiger partial charge in [-0.3, -0.25) is 4.79 Å². The van der Waals surface area contributed by atoms with Gasteiger partial charge in [0, 0.05) is 19.1 Å². The van der Waals surface area contributed by atoms with E-state index in [1.54, 1.807) is 0 Å². The number of nitrogens with zero attached hydrogens (tertiary/aromatic N) is 1. The van der Waals surface area contributed by atoms with Gasteiger partial charge in [-0.1, -0.05) is 0 Å². The highest BCUT2D eigenvalue weighted by Gasteiger charge is 2.28. The van der Waals surface area contributed by atoms with Crippen LogP contribution in [-0.2, 0) is 4.79 Å². The van der Waals surface area contributed by atoms with Crippen molar-refractivity contribution < 1.29 is 4.79 Å². The summed E-state index contributed by atoms with van der Waals surface area (Å²) in [6.45, 7) is 3.12. The number of hydrogen-bond donors (Lipinski definition) is 2. The summed E-state index contributed by atoms with van der Waals surface area (Å²) < 4.78 is 0. The zero-order valence-corrected chi connectivity index (χ0v) is 9.24. The van der Waals surface area contributed by atoms with Crippen LogP contribution in [0.15, 0.2) is 0 Å². The molecule has 0 aromatic rings. The summed E-state index contributed by atoms with van der Waals surface area (Å²) in [5, 5.41) is 3.46. The fourth-order valence-corrected chi connectivity index (χ4v) is 2.27. The minimum atomic E-state index is 0.103. The Labute approximate surface area is 91.2 Å². The van der Waals surface area contributed by atoms with E-state index in [1.807, 2.05) is 4.90 Å². The van der Waals surface area contributed by atoms with Gasteiger partial charge in [-0.2, -0.15) is 0 Å². The maximum Gasteiger partial charge on any atom is 0.236 e. The molecular weight excluding hydrogens is 190 g/mol. The second-order valence-electron chi connectivity index (χ2n) is 4.69. The molecule has 1 saturated carbocycles.